The summed E-state index contributed by atoms with van der Waals surface area (Å²) in [6, 6.07) is 18.3. The van der Waals surface area contributed by atoms with Crippen LogP contribution in [0.4, 0.5) is 0 Å². The van der Waals surface area contributed by atoms with Gasteiger partial charge >= 0.3 is 5.97 Å². The number of rotatable bonds is 5. The van der Waals surface area contributed by atoms with Crippen LogP contribution in [0.1, 0.15) is 15.9 Å². The summed E-state index contributed by atoms with van der Waals surface area (Å²) < 4.78 is 6.94. The molecule has 0 amide bonds. The molecule has 0 bridgehead atoms. The number of aromatic nitrogens is 2. The predicted octanol–water partition coefficient (Wildman–Crippen LogP) is 3.89. The quantitative estimate of drug-likeness (QED) is 0.554. The molecule has 6 heteroatoms. The van der Waals surface area contributed by atoms with E-state index >= 15 is 0 Å². The molecule has 140 valence electrons. The fraction of sp³-hybridized carbons (Fsp3) is 0.0909. The molecule has 0 saturated carbocycles. The number of methoxy groups -OCH3 is 1. The molecule has 0 aliphatic carbocycles. The van der Waals surface area contributed by atoms with E-state index in [4.69, 9.17) is 9.84 Å². The zero-order valence-electron chi connectivity index (χ0n) is 15.2. The summed E-state index contributed by atoms with van der Waals surface area (Å²) in [5, 5.41) is 25.6. The van der Waals surface area contributed by atoms with Gasteiger partial charge in [-0.05, 0) is 53.2 Å². The van der Waals surface area contributed by atoms with Gasteiger partial charge in [0.1, 0.15) is 5.75 Å². The van der Waals surface area contributed by atoms with Gasteiger partial charge in [-0.1, -0.05) is 18.2 Å². The molecule has 4 rings (SSSR count). The van der Waals surface area contributed by atoms with Gasteiger partial charge in [-0.15, -0.1) is 0 Å². The Kier molecular flexibility index (Phi) is 4.55. The molecule has 2 N–H and O–H groups in total. The predicted molar refractivity (Wildman–Crippen MR) is 106 cm³/mol. The fourth-order valence-electron chi connectivity index (χ4n) is 3.16. The summed E-state index contributed by atoms with van der Waals surface area (Å²) in [6.07, 6.45) is 1.75. The van der Waals surface area contributed by atoms with E-state index in [9.17, 15) is 9.90 Å². The number of carboxylic acid groups (broad SMARTS) is 1. The van der Waals surface area contributed by atoms with Crippen molar-refractivity contribution in [2.24, 2.45) is 0 Å². The minimum absolute atomic E-state index is 0.154. The van der Waals surface area contributed by atoms with E-state index in [0.29, 0.717) is 16.9 Å². The minimum Gasteiger partial charge on any atom is -0.497 e. The number of aliphatic hydroxyl groups excluding tert-OH is 1. The molecular formula is C22H18N2O4. The summed E-state index contributed by atoms with van der Waals surface area (Å²) in [4.78, 5) is 11.0. The smallest absolute Gasteiger partial charge is 0.335 e. The molecule has 28 heavy (non-hydrogen) atoms. The van der Waals surface area contributed by atoms with Crippen molar-refractivity contribution in [2.75, 3.05) is 7.11 Å². The molecule has 1 aromatic heterocycles. The lowest BCUT2D eigenvalue weighted by Crippen LogP contribution is -1.99. The Morgan fingerprint density at radius 3 is 2.46 bits per heavy atom. The Bertz CT molecular complexity index is 1160. The Balaban J connectivity index is 1.77. The van der Waals surface area contributed by atoms with Crippen molar-refractivity contribution in [1.29, 1.82) is 0 Å². The molecule has 0 aliphatic heterocycles. The van der Waals surface area contributed by atoms with Crippen molar-refractivity contribution in [3.05, 3.63) is 78.0 Å². The topological polar surface area (TPSA) is 84.6 Å². The number of nitrogens with zero attached hydrogens (tertiary/aromatic N) is 2. The molecule has 3 aromatic carbocycles. The Morgan fingerprint density at radius 1 is 1.04 bits per heavy atom. The molecular weight excluding hydrogens is 356 g/mol. The van der Waals surface area contributed by atoms with Gasteiger partial charge in [0.2, 0.25) is 0 Å². The van der Waals surface area contributed by atoms with E-state index in [-0.39, 0.29) is 12.2 Å². The zero-order chi connectivity index (χ0) is 19.7. The third-order valence-corrected chi connectivity index (χ3v) is 4.66. The molecule has 4 aromatic rings. The number of aliphatic hydroxyl groups is 1. The van der Waals surface area contributed by atoms with Gasteiger partial charge in [-0.2, -0.15) is 5.10 Å². The lowest BCUT2D eigenvalue weighted by Gasteiger charge is -2.05. The van der Waals surface area contributed by atoms with Crippen LogP contribution < -0.4 is 4.74 Å². The van der Waals surface area contributed by atoms with Crippen LogP contribution >= 0.6 is 0 Å². The van der Waals surface area contributed by atoms with Gasteiger partial charge in [0.05, 0.1) is 30.7 Å². The molecule has 0 aliphatic rings. The highest BCUT2D eigenvalue weighted by molar-refractivity contribution is 5.89. The van der Waals surface area contributed by atoms with Crippen molar-refractivity contribution in [3.8, 4) is 22.7 Å². The van der Waals surface area contributed by atoms with E-state index in [1.165, 1.54) is 12.1 Å². The van der Waals surface area contributed by atoms with Gasteiger partial charge in [0, 0.05) is 17.3 Å². The first-order valence-electron chi connectivity index (χ1n) is 8.70. The number of aromatic carboxylic acids is 1. The Labute approximate surface area is 161 Å². The van der Waals surface area contributed by atoms with Crippen LogP contribution in [0.3, 0.4) is 0 Å². The average molecular weight is 374 g/mol. The second-order valence-corrected chi connectivity index (χ2v) is 6.39. The first kappa shape index (κ1) is 17.8. The van der Waals surface area contributed by atoms with Crippen molar-refractivity contribution < 1.29 is 19.7 Å². The lowest BCUT2D eigenvalue weighted by molar-refractivity contribution is 0.0697. The average Bonchev–Trinajstić information content (AvgIpc) is 3.17. The number of ether oxygens (including phenoxy) is 1. The van der Waals surface area contributed by atoms with Crippen LogP contribution in [-0.2, 0) is 6.61 Å². The lowest BCUT2D eigenvalue weighted by atomic mass is 10.0. The van der Waals surface area contributed by atoms with E-state index in [1.807, 2.05) is 36.4 Å². The fourth-order valence-corrected chi connectivity index (χ4v) is 3.16. The summed E-state index contributed by atoms with van der Waals surface area (Å²) in [5.41, 5.74) is 3.17. The summed E-state index contributed by atoms with van der Waals surface area (Å²) in [5.74, 6) is -0.202. The first-order valence-corrected chi connectivity index (χ1v) is 8.70. The maximum Gasteiger partial charge on any atom is 0.335 e. The van der Waals surface area contributed by atoms with Gasteiger partial charge in [-0.25, -0.2) is 9.48 Å². The molecule has 1 heterocycles. The van der Waals surface area contributed by atoms with Crippen LogP contribution in [0, 0.1) is 0 Å². The third-order valence-electron chi connectivity index (χ3n) is 4.66. The first-order chi connectivity index (χ1) is 13.6. The molecule has 0 atom stereocenters. The standard InChI is InChI=1S/C22H18N2O4/c1-28-20-9-6-14-2-3-16(10-17(14)11-20)21-18(13-25)12-24(23-21)19-7-4-15(5-8-19)22(26)27/h2-12,25H,13H2,1H3,(H,26,27). The van der Waals surface area contributed by atoms with Crippen molar-refractivity contribution in [1.82, 2.24) is 9.78 Å². The SMILES string of the molecule is COc1ccc2ccc(-c3nn(-c4ccc(C(=O)O)cc4)cc3CO)cc2c1. The van der Waals surface area contributed by atoms with E-state index < -0.39 is 5.97 Å². The molecule has 6 nitrogen and oxygen atoms in total. The third kappa shape index (κ3) is 3.21. The van der Waals surface area contributed by atoms with E-state index in [0.717, 1.165) is 22.1 Å². The molecule has 0 saturated heterocycles. The van der Waals surface area contributed by atoms with Crippen LogP contribution in [0.25, 0.3) is 27.7 Å². The van der Waals surface area contributed by atoms with Crippen LogP contribution in [-0.4, -0.2) is 33.1 Å². The van der Waals surface area contributed by atoms with Crippen molar-refractivity contribution in [2.45, 2.75) is 6.61 Å². The molecule has 0 unspecified atom stereocenters. The van der Waals surface area contributed by atoms with Gasteiger partial charge in [-0.3, -0.25) is 0 Å². The Morgan fingerprint density at radius 2 is 1.79 bits per heavy atom. The van der Waals surface area contributed by atoms with Crippen molar-refractivity contribution >= 4 is 16.7 Å². The van der Waals surface area contributed by atoms with Crippen LogP contribution in [0.5, 0.6) is 5.75 Å². The molecule has 0 fully saturated rings. The largest absolute Gasteiger partial charge is 0.497 e. The number of carbonyl (C=O) groups is 1. The van der Waals surface area contributed by atoms with E-state index in [2.05, 4.69) is 5.10 Å². The number of carboxylic acids is 1. The highest BCUT2D eigenvalue weighted by Crippen LogP contribution is 2.29. The van der Waals surface area contributed by atoms with Crippen LogP contribution in [0.2, 0.25) is 0 Å². The maximum atomic E-state index is 11.0. The number of hydrogen-bond acceptors (Lipinski definition) is 4. The summed E-state index contributed by atoms with van der Waals surface area (Å²) in [6.45, 7) is -0.154. The monoisotopic (exact) mass is 374 g/mol. The number of hydrogen-bond donors (Lipinski definition) is 2. The second kappa shape index (κ2) is 7.17. The van der Waals surface area contributed by atoms with E-state index in [1.54, 1.807) is 30.1 Å². The summed E-state index contributed by atoms with van der Waals surface area (Å²) in [7, 11) is 1.63. The Hall–Kier alpha value is -3.64. The van der Waals surface area contributed by atoms with Gasteiger partial charge in [0.25, 0.3) is 0 Å². The number of fused-ring (bicyclic) bond motifs is 1. The number of benzene rings is 3. The van der Waals surface area contributed by atoms with Crippen molar-refractivity contribution in [3.63, 3.8) is 0 Å². The molecule has 0 radical (unpaired) electrons. The van der Waals surface area contributed by atoms with Gasteiger partial charge in [0.15, 0.2) is 0 Å². The zero-order valence-corrected chi connectivity index (χ0v) is 15.2. The second-order valence-electron chi connectivity index (χ2n) is 6.39. The highest BCUT2D eigenvalue weighted by Gasteiger charge is 2.13. The van der Waals surface area contributed by atoms with Gasteiger partial charge < -0.3 is 14.9 Å². The minimum atomic E-state index is -0.977. The maximum absolute atomic E-state index is 11.0. The highest BCUT2D eigenvalue weighted by atomic mass is 16.5. The molecule has 0 spiro atoms. The normalized spacial score (nSPS) is 10.9. The van der Waals surface area contributed by atoms with Crippen LogP contribution in [0.15, 0.2) is 66.9 Å². The summed E-state index contributed by atoms with van der Waals surface area (Å²) >= 11 is 0.